The molecule has 1 saturated carbocycles. The summed E-state index contributed by atoms with van der Waals surface area (Å²) in [7, 11) is -1.90. The number of aromatic nitrogens is 2. The molecule has 0 spiro atoms. The van der Waals surface area contributed by atoms with Gasteiger partial charge >= 0.3 is 6.09 Å². The Balaban J connectivity index is 1.40. The number of carbonyl (C=O) groups excluding carboxylic acids is 1. The zero-order valence-corrected chi connectivity index (χ0v) is 18.9. The second-order valence-corrected chi connectivity index (χ2v) is 10.0. The Labute approximate surface area is 185 Å². The number of nitrogens with zero attached hydrogens (tertiary/aromatic N) is 2. The van der Waals surface area contributed by atoms with Gasteiger partial charge in [-0.25, -0.2) is 23.0 Å². The summed E-state index contributed by atoms with van der Waals surface area (Å²) in [6.45, 7) is 1.17. The number of anilines is 1. The van der Waals surface area contributed by atoms with E-state index in [2.05, 4.69) is 20.2 Å². The molecule has 1 aliphatic carbocycles. The Morgan fingerprint density at radius 1 is 1.29 bits per heavy atom. The van der Waals surface area contributed by atoms with Crippen LogP contribution in [0.1, 0.15) is 32.1 Å². The number of aromatic amines is 1. The number of alkyl carbamates (subject to hydrolysis) is 1. The second kappa shape index (κ2) is 10.6. The van der Waals surface area contributed by atoms with E-state index in [-0.39, 0.29) is 35.6 Å². The minimum Gasteiger partial charge on any atom is -0.444 e. The van der Waals surface area contributed by atoms with Crippen molar-refractivity contribution in [3.63, 3.8) is 0 Å². The van der Waals surface area contributed by atoms with Crippen LogP contribution in [0.2, 0.25) is 5.02 Å². The highest BCUT2D eigenvalue weighted by Gasteiger charge is 2.30. The van der Waals surface area contributed by atoms with Gasteiger partial charge in [-0.2, -0.15) is 5.10 Å². The molecule has 1 saturated heterocycles. The summed E-state index contributed by atoms with van der Waals surface area (Å²) < 4.78 is 37.0. The smallest absolute Gasteiger partial charge is 0.407 e. The highest BCUT2D eigenvalue weighted by molar-refractivity contribution is 7.89. The lowest BCUT2D eigenvalue weighted by Gasteiger charge is -2.29. The lowest BCUT2D eigenvalue weighted by Crippen LogP contribution is -2.45. The van der Waals surface area contributed by atoms with E-state index in [1.54, 1.807) is 0 Å². The van der Waals surface area contributed by atoms with Crippen molar-refractivity contribution in [3.05, 3.63) is 21.6 Å². The van der Waals surface area contributed by atoms with Gasteiger partial charge in [-0.15, -0.1) is 0 Å². The van der Waals surface area contributed by atoms with E-state index in [1.165, 1.54) is 13.3 Å². The normalized spacial score (nSPS) is 24.2. The van der Waals surface area contributed by atoms with Crippen LogP contribution >= 0.6 is 11.6 Å². The zero-order valence-electron chi connectivity index (χ0n) is 17.3. The molecule has 2 heterocycles. The highest BCUT2D eigenvalue weighted by Crippen LogP contribution is 2.26. The van der Waals surface area contributed by atoms with Crippen molar-refractivity contribution in [3.8, 4) is 0 Å². The number of hydrogen-bond acceptors (Lipinski definition) is 8. The molecule has 11 nitrogen and oxygen atoms in total. The molecule has 3 rings (SSSR count). The number of carbonyl (C=O) groups is 1. The van der Waals surface area contributed by atoms with Crippen LogP contribution in [0.4, 0.5) is 10.5 Å². The van der Waals surface area contributed by atoms with E-state index in [0.717, 1.165) is 0 Å². The fourth-order valence-corrected chi connectivity index (χ4v) is 5.31. The molecular formula is C18H28ClN5O6S. The molecule has 0 bridgehead atoms. The maximum atomic E-state index is 12.3. The summed E-state index contributed by atoms with van der Waals surface area (Å²) in [5, 5.41) is 8.97. The van der Waals surface area contributed by atoms with Gasteiger partial charge in [0.25, 0.3) is 5.56 Å². The van der Waals surface area contributed by atoms with Gasteiger partial charge in [-0.05, 0) is 25.7 Å². The predicted octanol–water partition coefficient (Wildman–Crippen LogP) is 0.605. The summed E-state index contributed by atoms with van der Waals surface area (Å²) in [5.41, 5.74) is 0.0565. The minimum absolute atomic E-state index is 0.0592. The Morgan fingerprint density at radius 3 is 2.71 bits per heavy atom. The first-order chi connectivity index (χ1) is 14.8. The number of amides is 1. The van der Waals surface area contributed by atoms with E-state index in [0.29, 0.717) is 50.9 Å². The van der Waals surface area contributed by atoms with Gasteiger partial charge < -0.3 is 19.7 Å². The van der Waals surface area contributed by atoms with Crippen molar-refractivity contribution in [2.45, 2.75) is 50.3 Å². The molecule has 1 atom stereocenters. The standard InChI is InChI=1S/C18H28ClN5O6S/c1-29-8-9-31(27,28)23-13-4-2-12(3-5-13)21-18(26)30-14-6-7-24(11-14)15-10-20-22-17(25)16(15)19/h10,12-14,23H,2-9,11H2,1H3,(H,21,26)(H,22,25)/t12?,13?,14-/m1/s1. The maximum Gasteiger partial charge on any atom is 0.407 e. The lowest BCUT2D eigenvalue weighted by molar-refractivity contribution is 0.102. The van der Waals surface area contributed by atoms with Gasteiger partial charge in [0.05, 0.1) is 30.8 Å². The number of nitrogens with one attached hydrogen (secondary N) is 3. The van der Waals surface area contributed by atoms with Crippen LogP contribution in [-0.4, -0.2) is 75.5 Å². The van der Waals surface area contributed by atoms with E-state index in [1.807, 2.05) is 4.90 Å². The number of sulfonamides is 1. The molecule has 2 fully saturated rings. The largest absolute Gasteiger partial charge is 0.444 e. The maximum absolute atomic E-state index is 12.3. The molecule has 0 unspecified atom stereocenters. The Hall–Kier alpha value is -1.89. The number of rotatable bonds is 8. The van der Waals surface area contributed by atoms with Gasteiger partial charge in [0.2, 0.25) is 10.0 Å². The van der Waals surface area contributed by atoms with Crippen molar-refractivity contribution < 1.29 is 22.7 Å². The number of methoxy groups -OCH3 is 1. The molecular weight excluding hydrogens is 450 g/mol. The second-order valence-electron chi connectivity index (χ2n) is 7.78. The van der Waals surface area contributed by atoms with Gasteiger partial charge in [0.1, 0.15) is 11.1 Å². The van der Waals surface area contributed by atoms with Crippen LogP contribution in [0, 0.1) is 0 Å². The summed E-state index contributed by atoms with van der Waals surface area (Å²) in [6, 6.07) is -0.192. The van der Waals surface area contributed by atoms with Gasteiger partial charge in [-0.1, -0.05) is 11.6 Å². The monoisotopic (exact) mass is 477 g/mol. The van der Waals surface area contributed by atoms with Gasteiger partial charge in [0.15, 0.2) is 0 Å². The van der Waals surface area contributed by atoms with Crippen LogP contribution in [-0.2, 0) is 19.5 Å². The molecule has 0 aromatic carbocycles. The SMILES string of the molecule is COCCS(=O)(=O)NC1CCC(NC(=O)O[C@@H]2CCN(c3cn[nH]c(=O)c3Cl)C2)CC1. The van der Waals surface area contributed by atoms with E-state index < -0.39 is 21.7 Å². The predicted molar refractivity (Wildman–Crippen MR) is 115 cm³/mol. The summed E-state index contributed by atoms with van der Waals surface area (Å²) in [6.07, 6.45) is 3.89. The first-order valence-corrected chi connectivity index (χ1v) is 12.2. The van der Waals surface area contributed by atoms with Crippen LogP contribution in [0.5, 0.6) is 0 Å². The average molecular weight is 478 g/mol. The molecule has 0 radical (unpaired) electrons. The van der Waals surface area contributed by atoms with Crippen molar-refractivity contribution in [1.29, 1.82) is 0 Å². The fourth-order valence-electron chi connectivity index (χ4n) is 3.85. The molecule has 31 heavy (non-hydrogen) atoms. The van der Waals surface area contributed by atoms with Crippen molar-refractivity contribution >= 4 is 33.4 Å². The van der Waals surface area contributed by atoms with E-state index in [9.17, 15) is 18.0 Å². The van der Waals surface area contributed by atoms with Crippen molar-refractivity contribution in [2.24, 2.45) is 0 Å². The molecule has 13 heteroatoms. The van der Waals surface area contributed by atoms with Crippen LogP contribution < -0.4 is 20.5 Å². The fraction of sp³-hybridized carbons (Fsp3) is 0.722. The van der Waals surface area contributed by atoms with Crippen LogP contribution in [0.25, 0.3) is 0 Å². The minimum atomic E-state index is -3.36. The van der Waals surface area contributed by atoms with Crippen LogP contribution in [0.3, 0.4) is 0 Å². The summed E-state index contributed by atoms with van der Waals surface area (Å²) in [5.74, 6) is -0.0644. The molecule has 174 valence electrons. The van der Waals surface area contributed by atoms with E-state index >= 15 is 0 Å². The third-order valence-corrected chi connectivity index (χ3v) is 7.25. The Morgan fingerprint density at radius 2 is 2.00 bits per heavy atom. The topological polar surface area (TPSA) is 143 Å². The number of H-pyrrole nitrogens is 1. The first-order valence-electron chi connectivity index (χ1n) is 10.2. The summed E-state index contributed by atoms with van der Waals surface area (Å²) in [4.78, 5) is 25.8. The molecule has 3 N–H and O–H groups in total. The molecule has 2 aliphatic rings. The lowest BCUT2D eigenvalue weighted by atomic mass is 9.92. The zero-order chi connectivity index (χ0) is 22.4. The number of halogens is 1. The van der Waals surface area contributed by atoms with Gasteiger partial charge in [0, 0.05) is 32.2 Å². The van der Waals surface area contributed by atoms with Crippen molar-refractivity contribution in [2.75, 3.05) is 37.5 Å². The third-order valence-electron chi connectivity index (χ3n) is 5.49. The molecule has 1 amide bonds. The molecule has 1 aromatic rings. The Kier molecular flexibility index (Phi) is 8.14. The third kappa shape index (κ3) is 6.79. The average Bonchev–Trinajstić information content (AvgIpc) is 3.18. The van der Waals surface area contributed by atoms with Gasteiger partial charge in [-0.3, -0.25) is 4.79 Å². The summed E-state index contributed by atoms with van der Waals surface area (Å²) >= 11 is 6.04. The number of hydrogen-bond donors (Lipinski definition) is 3. The highest BCUT2D eigenvalue weighted by atomic mass is 35.5. The Bertz CT molecular complexity index is 918. The first kappa shape index (κ1) is 23.8. The van der Waals surface area contributed by atoms with Crippen molar-refractivity contribution in [1.82, 2.24) is 20.2 Å². The number of ether oxygens (including phenoxy) is 2. The molecule has 1 aromatic heterocycles. The van der Waals surface area contributed by atoms with Crippen LogP contribution in [0.15, 0.2) is 11.0 Å². The molecule has 1 aliphatic heterocycles. The van der Waals surface area contributed by atoms with E-state index in [4.69, 9.17) is 21.1 Å². The quantitative estimate of drug-likeness (QED) is 0.494.